The number of likely N-dealkylation sites (N-methyl/N-ethyl adjacent to an activating group) is 1. The normalized spacial score (nSPS) is 10.7. The number of carbonyl (C=O) groups excluding carboxylic acids is 2. The number of nitrogens with zero attached hydrogens (tertiary/aromatic N) is 1. The van der Waals surface area contributed by atoms with E-state index in [1.165, 1.54) is 7.11 Å². The Kier molecular flexibility index (Phi) is 7.03. The third kappa shape index (κ3) is 5.46. The fourth-order valence-corrected chi connectivity index (χ4v) is 2.71. The van der Waals surface area contributed by atoms with Gasteiger partial charge in [-0.3, -0.25) is 9.59 Å². The predicted octanol–water partition coefficient (Wildman–Crippen LogP) is 3.93. The summed E-state index contributed by atoms with van der Waals surface area (Å²) in [5.74, 6) is 0.194. The molecule has 5 nitrogen and oxygen atoms in total. The average Bonchev–Trinajstić information content (AvgIpc) is 2.57. The zero-order valence-corrected chi connectivity index (χ0v) is 16.3. The summed E-state index contributed by atoms with van der Waals surface area (Å²) in [7, 11) is 5.11. The number of ether oxygens (including phenoxy) is 1. The van der Waals surface area contributed by atoms with E-state index in [2.05, 4.69) is 5.32 Å². The van der Waals surface area contributed by atoms with E-state index in [1.807, 2.05) is 0 Å². The number of nitrogens with one attached hydrogen (secondary N) is 1. The monoisotopic (exact) mass is 394 g/mol. The summed E-state index contributed by atoms with van der Waals surface area (Å²) in [6.45, 7) is 0.227. The van der Waals surface area contributed by atoms with Crippen LogP contribution in [0.25, 0.3) is 0 Å². The average molecular weight is 395 g/mol. The number of amides is 1. The van der Waals surface area contributed by atoms with Crippen LogP contribution in [0.4, 0.5) is 5.69 Å². The molecule has 1 N–H and O–H groups in total. The zero-order valence-electron chi connectivity index (χ0n) is 14.8. The second-order valence-electron chi connectivity index (χ2n) is 6.05. The maximum atomic E-state index is 12.6. The predicted molar refractivity (Wildman–Crippen MR) is 105 cm³/mol. The molecule has 0 atom stereocenters. The van der Waals surface area contributed by atoms with Crippen LogP contribution < -0.4 is 10.1 Å². The lowest BCUT2D eigenvalue weighted by atomic mass is 10.0. The molecule has 0 fully saturated rings. The number of carbonyl (C=O) groups is 2. The van der Waals surface area contributed by atoms with Gasteiger partial charge in [0.25, 0.3) is 0 Å². The van der Waals surface area contributed by atoms with Gasteiger partial charge >= 0.3 is 0 Å². The molecule has 0 aliphatic rings. The van der Waals surface area contributed by atoms with Crippen LogP contribution in [-0.4, -0.2) is 44.3 Å². The van der Waals surface area contributed by atoms with Gasteiger partial charge in [-0.25, -0.2) is 0 Å². The largest absolute Gasteiger partial charge is 0.495 e. The summed E-state index contributed by atoms with van der Waals surface area (Å²) in [6.07, 6.45) is 0.175. The molecular weight excluding hydrogens is 375 g/mol. The molecule has 0 aromatic heterocycles. The summed E-state index contributed by atoms with van der Waals surface area (Å²) in [5.41, 5.74) is 1.69. The first kappa shape index (κ1) is 20.2. The van der Waals surface area contributed by atoms with Crippen molar-refractivity contribution in [3.63, 3.8) is 0 Å². The van der Waals surface area contributed by atoms with Crippen molar-refractivity contribution in [2.45, 2.75) is 6.42 Å². The fourth-order valence-electron chi connectivity index (χ4n) is 2.39. The highest BCUT2D eigenvalue weighted by atomic mass is 35.5. The van der Waals surface area contributed by atoms with Crippen LogP contribution in [0.3, 0.4) is 0 Å². The van der Waals surface area contributed by atoms with Gasteiger partial charge in [0.05, 0.1) is 29.4 Å². The number of Topliss-reactive ketones (excluding diaryl/α,β-unsaturated/α-hetero) is 1. The molecule has 0 saturated heterocycles. The molecule has 26 heavy (non-hydrogen) atoms. The topological polar surface area (TPSA) is 58.6 Å². The first-order chi connectivity index (χ1) is 12.3. The molecule has 1 amide bonds. The standard InChI is InChI=1S/C19H20Cl2N2O3/c1-23(2)11-19(25)22-16-10-13(5-7-18(16)26-3)17(24)9-12-4-6-14(20)15(21)8-12/h4-8,10H,9,11H2,1-3H3,(H,22,25). The minimum Gasteiger partial charge on any atom is -0.495 e. The van der Waals surface area contributed by atoms with Crippen molar-refractivity contribution in [2.24, 2.45) is 0 Å². The van der Waals surface area contributed by atoms with Gasteiger partial charge in [-0.1, -0.05) is 29.3 Å². The van der Waals surface area contributed by atoms with E-state index >= 15 is 0 Å². The second-order valence-corrected chi connectivity index (χ2v) is 6.86. The maximum Gasteiger partial charge on any atom is 0.238 e. The van der Waals surface area contributed by atoms with Crippen molar-refractivity contribution in [3.8, 4) is 5.75 Å². The summed E-state index contributed by atoms with van der Waals surface area (Å²) >= 11 is 11.9. The van der Waals surface area contributed by atoms with E-state index in [4.69, 9.17) is 27.9 Å². The highest BCUT2D eigenvalue weighted by molar-refractivity contribution is 6.42. The molecule has 0 aliphatic heterocycles. The van der Waals surface area contributed by atoms with Gasteiger partial charge < -0.3 is 15.0 Å². The third-order valence-corrected chi connectivity index (χ3v) is 4.34. The summed E-state index contributed by atoms with van der Waals surface area (Å²) in [4.78, 5) is 26.4. The second kappa shape index (κ2) is 9.03. The van der Waals surface area contributed by atoms with E-state index in [1.54, 1.807) is 55.4 Å². The highest BCUT2D eigenvalue weighted by Crippen LogP contribution is 2.27. The van der Waals surface area contributed by atoms with Crippen LogP contribution >= 0.6 is 23.2 Å². The van der Waals surface area contributed by atoms with Crippen LogP contribution in [0.1, 0.15) is 15.9 Å². The molecule has 0 radical (unpaired) electrons. The first-order valence-electron chi connectivity index (χ1n) is 7.90. The van der Waals surface area contributed by atoms with E-state index in [9.17, 15) is 9.59 Å². The highest BCUT2D eigenvalue weighted by Gasteiger charge is 2.14. The van der Waals surface area contributed by atoms with Gasteiger partial charge in [0.1, 0.15) is 5.75 Å². The molecule has 0 heterocycles. The minimum absolute atomic E-state index is 0.103. The Hall–Kier alpha value is -2.08. The number of ketones is 1. The Balaban J connectivity index is 2.20. The number of rotatable bonds is 7. The quantitative estimate of drug-likeness (QED) is 0.722. The van der Waals surface area contributed by atoms with Gasteiger partial charge in [0.2, 0.25) is 5.91 Å². The van der Waals surface area contributed by atoms with Crippen LogP contribution in [0.15, 0.2) is 36.4 Å². The summed E-state index contributed by atoms with van der Waals surface area (Å²) in [5, 5.41) is 3.62. The maximum absolute atomic E-state index is 12.6. The number of hydrogen-bond donors (Lipinski definition) is 1. The molecule has 2 aromatic carbocycles. The molecule has 0 bridgehead atoms. The van der Waals surface area contributed by atoms with Gasteiger partial charge in [0.15, 0.2) is 5.78 Å². The van der Waals surface area contributed by atoms with Crippen molar-refractivity contribution in [3.05, 3.63) is 57.6 Å². The van der Waals surface area contributed by atoms with Crippen LogP contribution in [0.2, 0.25) is 10.0 Å². The van der Waals surface area contributed by atoms with E-state index in [0.29, 0.717) is 27.0 Å². The zero-order chi connectivity index (χ0) is 19.3. The SMILES string of the molecule is COc1ccc(C(=O)Cc2ccc(Cl)c(Cl)c2)cc1NC(=O)CN(C)C. The Labute approximate surface area is 162 Å². The Morgan fingerprint density at radius 2 is 1.81 bits per heavy atom. The van der Waals surface area contributed by atoms with Crippen LogP contribution in [-0.2, 0) is 11.2 Å². The van der Waals surface area contributed by atoms with Gasteiger partial charge in [-0.15, -0.1) is 0 Å². The van der Waals surface area contributed by atoms with Gasteiger partial charge in [-0.05, 0) is 50.0 Å². The smallest absolute Gasteiger partial charge is 0.238 e. The third-order valence-electron chi connectivity index (χ3n) is 3.60. The molecule has 138 valence electrons. The van der Waals surface area contributed by atoms with Gasteiger partial charge in [0, 0.05) is 12.0 Å². The number of hydrogen-bond acceptors (Lipinski definition) is 4. The van der Waals surface area contributed by atoms with Gasteiger partial charge in [-0.2, -0.15) is 0 Å². The lowest BCUT2D eigenvalue weighted by molar-refractivity contribution is -0.116. The first-order valence-corrected chi connectivity index (χ1v) is 8.65. The number of benzene rings is 2. The number of halogens is 2. The van der Waals surface area contributed by atoms with Crippen LogP contribution in [0.5, 0.6) is 5.75 Å². The number of anilines is 1. The van der Waals surface area contributed by atoms with E-state index < -0.39 is 0 Å². The lowest BCUT2D eigenvalue weighted by Crippen LogP contribution is -2.27. The summed E-state index contributed by atoms with van der Waals surface area (Å²) in [6, 6.07) is 10.0. The van der Waals surface area contributed by atoms with Crippen molar-refractivity contribution in [1.29, 1.82) is 0 Å². The van der Waals surface area contributed by atoms with E-state index in [-0.39, 0.29) is 24.7 Å². The van der Waals surface area contributed by atoms with Crippen molar-refractivity contribution < 1.29 is 14.3 Å². The fraction of sp³-hybridized carbons (Fsp3) is 0.263. The molecule has 0 spiro atoms. The molecule has 7 heteroatoms. The molecule has 0 unspecified atom stereocenters. The Morgan fingerprint density at radius 1 is 1.08 bits per heavy atom. The lowest BCUT2D eigenvalue weighted by Gasteiger charge is -2.14. The van der Waals surface area contributed by atoms with Crippen molar-refractivity contribution in [1.82, 2.24) is 4.90 Å². The van der Waals surface area contributed by atoms with Crippen molar-refractivity contribution in [2.75, 3.05) is 33.1 Å². The molecule has 2 aromatic rings. The Morgan fingerprint density at radius 3 is 2.42 bits per heavy atom. The van der Waals surface area contributed by atoms with E-state index in [0.717, 1.165) is 5.56 Å². The molecule has 0 aliphatic carbocycles. The summed E-state index contributed by atoms with van der Waals surface area (Å²) < 4.78 is 5.26. The molecule has 0 saturated carbocycles. The number of methoxy groups -OCH3 is 1. The van der Waals surface area contributed by atoms with Crippen molar-refractivity contribution >= 4 is 40.6 Å². The van der Waals surface area contributed by atoms with Crippen LogP contribution in [0, 0.1) is 0 Å². The Bertz CT molecular complexity index is 822. The molecule has 2 rings (SSSR count). The molecular formula is C19H20Cl2N2O3. The minimum atomic E-state index is -0.192.